The number of aryl methyl sites for hydroxylation is 1. The van der Waals surface area contributed by atoms with Gasteiger partial charge in [0.05, 0.1) is 6.61 Å². The van der Waals surface area contributed by atoms with E-state index in [0.29, 0.717) is 37.1 Å². The fourth-order valence-electron chi connectivity index (χ4n) is 2.80. The summed E-state index contributed by atoms with van der Waals surface area (Å²) in [7, 11) is 0. The van der Waals surface area contributed by atoms with Crippen LogP contribution in [0.3, 0.4) is 0 Å². The van der Waals surface area contributed by atoms with Gasteiger partial charge in [0.25, 0.3) is 5.91 Å². The van der Waals surface area contributed by atoms with Crippen LogP contribution in [0.15, 0.2) is 23.0 Å². The molecule has 0 atom stereocenters. The number of carbonyl (C=O) groups is 2. The Morgan fingerprint density at radius 1 is 1.26 bits per heavy atom. The highest BCUT2D eigenvalue weighted by molar-refractivity contribution is 6.02. The van der Waals surface area contributed by atoms with E-state index < -0.39 is 5.91 Å². The van der Waals surface area contributed by atoms with Crippen molar-refractivity contribution in [2.75, 3.05) is 30.3 Å². The Labute approximate surface area is 156 Å². The lowest BCUT2D eigenvalue weighted by Crippen LogP contribution is -2.42. The zero-order chi connectivity index (χ0) is 19.2. The second kappa shape index (κ2) is 8.47. The molecule has 0 bridgehead atoms. The number of hydrogen-bond donors (Lipinski definition) is 2. The highest BCUT2D eigenvalue weighted by Gasteiger charge is 2.24. The molecule has 1 aliphatic rings. The molecular weight excluding hydrogens is 352 g/mol. The SMILES string of the molecule is CCOC(=O)N1CCC(Nc2cc(C(=O)Nc3cc(C)on3)ncn2)CC1. The van der Waals surface area contributed by atoms with Gasteiger partial charge in [-0.3, -0.25) is 4.79 Å². The number of carbonyl (C=O) groups excluding carboxylic acids is 2. The van der Waals surface area contributed by atoms with E-state index in [4.69, 9.17) is 9.26 Å². The van der Waals surface area contributed by atoms with Crippen LogP contribution in [0.5, 0.6) is 0 Å². The minimum atomic E-state index is -0.397. The molecule has 0 aliphatic carbocycles. The third-order valence-electron chi connectivity index (χ3n) is 4.14. The molecule has 2 aromatic heterocycles. The summed E-state index contributed by atoms with van der Waals surface area (Å²) in [4.78, 5) is 33.9. The van der Waals surface area contributed by atoms with Crippen molar-refractivity contribution in [1.82, 2.24) is 20.0 Å². The van der Waals surface area contributed by atoms with E-state index in [0.717, 1.165) is 12.8 Å². The maximum atomic E-state index is 12.3. The Bertz CT molecular complexity index is 800. The van der Waals surface area contributed by atoms with E-state index >= 15 is 0 Å². The summed E-state index contributed by atoms with van der Waals surface area (Å²) in [6.45, 7) is 5.12. The average Bonchev–Trinajstić information content (AvgIpc) is 3.07. The number of piperidine rings is 1. The molecule has 0 saturated carbocycles. The predicted octanol–water partition coefficient (Wildman–Crippen LogP) is 2.06. The highest BCUT2D eigenvalue weighted by atomic mass is 16.6. The summed E-state index contributed by atoms with van der Waals surface area (Å²) in [5, 5.41) is 9.64. The van der Waals surface area contributed by atoms with Gasteiger partial charge in [0.2, 0.25) is 0 Å². The highest BCUT2D eigenvalue weighted by Crippen LogP contribution is 2.17. The van der Waals surface area contributed by atoms with Crippen LogP contribution < -0.4 is 10.6 Å². The molecule has 2 amide bonds. The van der Waals surface area contributed by atoms with Gasteiger partial charge in [-0.05, 0) is 26.7 Å². The summed E-state index contributed by atoms with van der Waals surface area (Å²) in [5.41, 5.74) is 0.220. The number of likely N-dealkylation sites (tertiary alicyclic amines) is 1. The van der Waals surface area contributed by atoms with Crippen molar-refractivity contribution in [2.45, 2.75) is 32.7 Å². The molecule has 0 aromatic carbocycles. The predicted molar refractivity (Wildman–Crippen MR) is 96.5 cm³/mol. The summed E-state index contributed by atoms with van der Waals surface area (Å²) < 4.78 is 9.94. The van der Waals surface area contributed by atoms with Crippen molar-refractivity contribution < 1.29 is 18.8 Å². The maximum absolute atomic E-state index is 12.3. The first-order valence-electron chi connectivity index (χ1n) is 8.80. The number of nitrogens with zero attached hydrogens (tertiary/aromatic N) is 4. The number of nitrogens with one attached hydrogen (secondary N) is 2. The molecule has 0 spiro atoms. The van der Waals surface area contributed by atoms with Crippen LogP contribution in [-0.2, 0) is 4.74 Å². The summed E-state index contributed by atoms with van der Waals surface area (Å²) in [6.07, 6.45) is 2.59. The van der Waals surface area contributed by atoms with E-state index in [1.54, 1.807) is 30.9 Å². The minimum Gasteiger partial charge on any atom is -0.450 e. The molecule has 3 rings (SSSR count). The quantitative estimate of drug-likeness (QED) is 0.815. The van der Waals surface area contributed by atoms with Crippen molar-refractivity contribution in [1.29, 1.82) is 0 Å². The van der Waals surface area contributed by atoms with Gasteiger partial charge in [0.1, 0.15) is 23.6 Å². The summed E-state index contributed by atoms with van der Waals surface area (Å²) in [6, 6.07) is 3.36. The molecule has 2 N–H and O–H groups in total. The molecular formula is C17H22N6O4. The number of rotatable bonds is 5. The first kappa shape index (κ1) is 18.6. The molecule has 0 unspecified atom stereocenters. The first-order valence-corrected chi connectivity index (χ1v) is 8.80. The Kier molecular flexibility index (Phi) is 5.84. The third kappa shape index (κ3) is 4.93. The van der Waals surface area contributed by atoms with Gasteiger partial charge in [-0.2, -0.15) is 0 Å². The van der Waals surface area contributed by atoms with Gasteiger partial charge < -0.3 is 24.8 Å². The monoisotopic (exact) mass is 374 g/mol. The Hall–Kier alpha value is -3.17. The average molecular weight is 374 g/mol. The molecule has 1 fully saturated rings. The molecule has 1 saturated heterocycles. The lowest BCUT2D eigenvalue weighted by Gasteiger charge is -2.31. The van der Waals surface area contributed by atoms with Crippen LogP contribution >= 0.6 is 0 Å². The van der Waals surface area contributed by atoms with Crippen molar-refractivity contribution >= 4 is 23.6 Å². The van der Waals surface area contributed by atoms with Gasteiger partial charge >= 0.3 is 6.09 Å². The molecule has 10 nitrogen and oxygen atoms in total. The Morgan fingerprint density at radius 3 is 2.70 bits per heavy atom. The van der Waals surface area contributed by atoms with Gasteiger partial charge in [-0.15, -0.1) is 0 Å². The normalized spacial score (nSPS) is 14.7. The van der Waals surface area contributed by atoms with Crippen LogP contribution in [0.1, 0.15) is 36.0 Å². The lowest BCUT2D eigenvalue weighted by molar-refractivity contribution is 0.0980. The fraction of sp³-hybridized carbons (Fsp3) is 0.471. The largest absolute Gasteiger partial charge is 0.450 e. The van der Waals surface area contributed by atoms with Crippen molar-refractivity contribution in [3.05, 3.63) is 29.9 Å². The number of anilines is 2. The van der Waals surface area contributed by atoms with Crippen LogP contribution in [0.4, 0.5) is 16.4 Å². The van der Waals surface area contributed by atoms with E-state index in [1.165, 1.54) is 6.33 Å². The zero-order valence-electron chi connectivity index (χ0n) is 15.3. The molecule has 1 aliphatic heterocycles. The second-order valence-corrected chi connectivity index (χ2v) is 6.17. The van der Waals surface area contributed by atoms with Crippen molar-refractivity contribution in [2.24, 2.45) is 0 Å². The Balaban J connectivity index is 1.55. The smallest absolute Gasteiger partial charge is 0.409 e. The van der Waals surface area contributed by atoms with E-state index in [2.05, 4.69) is 25.8 Å². The summed E-state index contributed by atoms with van der Waals surface area (Å²) >= 11 is 0. The van der Waals surface area contributed by atoms with Crippen LogP contribution in [-0.4, -0.2) is 57.8 Å². The molecule has 144 valence electrons. The molecule has 3 heterocycles. The van der Waals surface area contributed by atoms with Gasteiger partial charge in [0.15, 0.2) is 5.82 Å². The first-order chi connectivity index (χ1) is 13.0. The number of amides is 2. The Morgan fingerprint density at radius 2 is 2.04 bits per heavy atom. The summed E-state index contributed by atoms with van der Waals surface area (Å²) in [5.74, 6) is 1.09. The lowest BCUT2D eigenvalue weighted by atomic mass is 10.1. The van der Waals surface area contributed by atoms with E-state index in [-0.39, 0.29) is 17.8 Å². The minimum absolute atomic E-state index is 0.152. The third-order valence-corrected chi connectivity index (χ3v) is 4.14. The molecule has 27 heavy (non-hydrogen) atoms. The standard InChI is InChI=1S/C17H22N6O4/c1-3-26-17(25)23-6-4-12(5-7-23)20-14-9-13(18-10-19-14)16(24)21-15-8-11(2)27-22-15/h8-10,12H,3-7H2,1-2H3,(H,18,19,20)(H,21,22,24). The molecule has 0 radical (unpaired) electrons. The van der Waals surface area contributed by atoms with Gasteiger partial charge in [0, 0.05) is 31.3 Å². The van der Waals surface area contributed by atoms with E-state index in [1.807, 2.05) is 0 Å². The number of ether oxygens (including phenoxy) is 1. The van der Waals surface area contributed by atoms with Crippen LogP contribution in [0.2, 0.25) is 0 Å². The fourth-order valence-corrected chi connectivity index (χ4v) is 2.80. The molecule has 2 aromatic rings. The van der Waals surface area contributed by atoms with E-state index in [9.17, 15) is 9.59 Å². The van der Waals surface area contributed by atoms with Crippen molar-refractivity contribution in [3.63, 3.8) is 0 Å². The topological polar surface area (TPSA) is 122 Å². The van der Waals surface area contributed by atoms with Gasteiger partial charge in [-0.1, -0.05) is 5.16 Å². The second-order valence-electron chi connectivity index (χ2n) is 6.17. The molecule has 10 heteroatoms. The van der Waals surface area contributed by atoms with Crippen LogP contribution in [0, 0.1) is 6.92 Å². The maximum Gasteiger partial charge on any atom is 0.409 e. The van der Waals surface area contributed by atoms with Crippen molar-refractivity contribution in [3.8, 4) is 0 Å². The van der Waals surface area contributed by atoms with Crippen LogP contribution in [0.25, 0.3) is 0 Å². The number of hydrogen-bond acceptors (Lipinski definition) is 8. The number of aromatic nitrogens is 3. The zero-order valence-corrected chi connectivity index (χ0v) is 15.3. The van der Waals surface area contributed by atoms with Gasteiger partial charge in [-0.25, -0.2) is 14.8 Å².